The Morgan fingerprint density at radius 1 is 1.07 bits per heavy atom. The van der Waals surface area contributed by atoms with Crippen LogP contribution in [0.5, 0.6) is 0 Å². The SMILES string of the molecule is O=C(O)c1c([C@@H]2C[C@H]2C(=O)O)c2ccccc2n1Cc1ccc(Cl)c(Cl)c1. The topological polar surface area (TPSA) is 79.5 Å². The minimum atomic E-state index is -1.07. The van der Waals surface area contributed by atoms with Gasteiger partial charge in [-0.15, -0.1) is 0 Å². The molecule has 1 aliphatic rings. The summed E-state index contributed by atoms with van der Waals surface area (Å²) in [5, 5.41) is 20.8. The first-order valence-electron chi connectivity index (χ1n) is 8.39. The first-order chi connectivity index (χ1) is 12.9. The molecule has 0 radical (unpaired) electrons. The van der Waals surface area contributed by atoms with Gasteiger partial charge in [0.2, 0.25) is 0 Å². The molecule has 1 aromatic heterocycles. The molecule has 0 amide bonds. The quantitative estimate of drug-likeness (QED) is 0.635. The van der Waals surface area contributed by atoms with Crippen molar-refractivity contribution >= 4 is 46.0 Å². The number of hydrogen-bond donors (Lipinski definition) is 2. The van der Waals surface area contributed by atoms with Gasteiger partial charge < -0.3 is 14.8 Å². The third kappa shape index (κ3) is 3.07. The molecular weight excluding hydrogens is 389 g/mol. The highest BCUT2D eigenvalue weighted by atomic mass is 35.5. The van der Waals surface area contributed by atoms with Crippen LogP contribution in [-0.4, -0.2) is 26.7 Å². The Kier molecular flexibility index (Phi) is 4.36. The highest BCUT2D eigenvalue weighted by Crippen LogP contribution is 2.51. The van der Waals surface area contributed by atoms with E-state index in [4.69, 9.17) is 23.2 Å². The number of carboxylic acid groups (broad SMARTS) is 2. The van der Waals surface area contributed by atoms with Crippen molar-refractivity contribution in [1.29, 1.82) is 0 Å². The summed E-state index contributed by atoms with van der Waals surface area (Å²) in [7, 11) is 0. The van der Waals surface area contributed by atoms with E-state index in [2.05, 4.69) is 0 Å². The minimum absolute atomic E-state index is 0.135. The fourth-order valence-corrected chi connectivity index (χ4v) is 4.03. The zero-order chi connectivity index (χ0) is 19.3. The molecule has 3 aromatic rings. The first-order valence-corrected chi connectivity index (χ1v) is 9.15. The predicted molar refractivity (Wildman–Crippen MR) is 103 cm³/mol. The molecule has 1 aliphatic carbocycles. The number of rotatable bonds is 5. The van der Waals surface area contributed by atoms with Crippen molar-refractivity contribution in [1.82, 2.24) is 4.57 Å². The van der Waals surface area contributed by atoms with E-state index in [9.17, 15) is 19.8 Å². The molecule has 4 rings (SSSR count). The smallest absolute Gasteiger partial charge is 0.352 e. The summed E-state index contributed by atoms with van der Waals surface area (Å²) < 4.78 is 1.71. The van der Waals surface area contributed by atoms with E-state index in [-0.39, 0.29) is 11.6 Å². The molecule has 138 valence electrons. The van der Waals surface area contributed by atoms with Crippen LogP contribution in [0.25, 0.3) is 10.9 Å². The van der Waals surface area contributed by atoms with Crippen LogP contribution < -0.4 is 0 Å². The van der Waals surface area contributed by atoms with Gasteiger partial charge in [0.15, 0.2) is 0 Å². The Labute approximate surface area is 164 Å². The van der Waals surface area contributed by atoms with E-state index in [1.807, 2.05) is 24.3 Å². The Morgan fingerprint density at radius 2 is 1.81 bits per heavy atom. The summed E-state index contributed by atoms with van der Waals surface area (Å²) in [4.78, 5) is 23.5. The number of aromatic carboxylic acids is 1. The van der Waals surface area contributed by atoms with E-state index < -0.39 is 17.9 Å². The third-order valence-electron chi connectivity index (χ3n) is 5.02. The maximum atomic E-state index is 12.1. The van der Waals surface area contributed by atoms with Crippen LogP contribution in [0.2, 0.25) is 10.0 Å². The van der Waals surface area contributed by atoms with Gasteiger partial charge in [-0.1, -0.05) is 47.5 Å². The summed E-state index contributed by atoms with van der Waals surface area (Å²) in [6, 6.07) is 12.5. The molecule has 1 fully saturated rings. The lowest BCUT2D eigenvalue weighted by atomic mass is 10.0. The van der Waals surface area contributed by atoms with Crippen LogP contribution in [0, 0.1) is 5.92 Å². The second kappa shape index (κ2) is 6.59. The molecule has 2 aromatic carbocycles. The molecular formula is C20H15Cl2NO4. The number of fused-ring (bicyclic) bond motifs is 1. The van der Waals surface area contributed by atoms with Crippen LogP contribution in [0.15, 0.2) is 42.5 Å². The normalized spacial score (nSPS) is 18.6. The number of nitrogens with zero attached hydrogens (tertiary/aromatic N) is 1. The lowest BCUT2D eigenvalue weighted by molar-refractivity contribution is -0.138. The number of hydrogen-bond acceptors (Lipinski definition) is 2. The van der Waals surface area contributed by atoms with Gasteiger partial charge in [-0.05, 0) is 35.7 Å². The highest BCUT2D eigenvalue weighted by Gasteiger charge is 2.47. The molecule has 0 bridgehead atoms. The Balaban J connectivity index is 1.89. The van der Waals surface area contributed by atoms with E-state index in [1.54, 1.807) is 22.8 Å². The van der Waals surface area contributed by atoms with Crippen molar-refractivity contribution in [3.8, 4) is 0 Å². The van der Waals surface area contributed by atoms with Crippen molar-refractivity contribution in [2.75, 3.05) is 0 Å². The van der Waals surface area contributed by atoms with E-state index in [0.717, 1.165) is 16.5 Å². The number of benzene rings is 2. The van der Waals surface area contributed by atoms with E-state index in [0.29, 0.717) is 28.6 Å². The fraction of sp³-hybridized carbons (Fsp3) is 0.200. The average molecular weight is 404 g/mol. The molecule has 7 heteroatoms. The van der Waals surface area contributed by atoms with Gasteiger partial charge in [0.05, 0.1) is 16.0 Å². The second-order valence-corrected chi connectivity index (χ2v) is 7.52. The van der Waals surface area contributed by atoms with Crippen molar-refractivity contribution in [2.24, 2.45) is 5.92 Å². The molecule has 2 N–H and O–H groups in total. The lowest BCUT2D eigenvalue weighted by Gasteiger charge is -2.10. The molecule has 1 saturated carbocycles. The fourth-order valence-electron chi connectivity index (χ4n) is 3.71. The molecule has 0 unspecified atom stereocenters. The zero-order valence-corrected chi connectivity index (χ0v) is 15.5. The third-order valence-corrected chi connectivity index (χ3v) is 5.75. The number of aliphatic carboxylic acids is 1. The van der Waals surface area contributed by atoms with Gasteiger partial charge in [-0.3, -0.25) is 4.79 Å². The van der Waals surface area contributed by atoms with Gasteiger partial charge in [0.25, 0.3) is 0 Å². The Hall–Kier alpha value is -2.50. The maximum Gasteiger partial charge on any atom is 0.352 e. The number of carbonyl (C=O) groups is 2. The zero-order valence-electron chi connectivity index (χ0n) is 14.0. The van der Waals surface area contributed by atoms with Gasteiger partial charge in [0.1, 0.15) is 5.69 Å². The lowest BCUT2D eigenvalue weighted by Crippen LogP contribution is -2.12. The van der Waals surface area contributed by atoms with Crippen molar-refractivity contribution in [2.45, 2.75) is 18.9 Å². The molecule has 1 heterocycles. The molecule has 0 aliphatic heterocycles. The predicted octanol–water partition coefficient (Wildman–Crippen LogP) is 4.88. The summed E-state index contributed by atoms with van der Waals surface area (Å²) in [6.45, 7) is 0.295. The standard InChI is InChI=1S/C20H15Cl2NO4/c21-14-6-5-10(7-15(14)22)9-23-16-4-2-1-3-11(16)17(18(23)20(26)27)12-8-13(12)19(24)25/h1-7,12-13H,8-9H2,(H,24,25)(H,26,27)/t12-,13-/m1/s1. The van der Waals surface area contributed by atoms with Crippen LogP contribution in [0.1, 0.15) is 34.0 Å². The van der Waals surface area contributed by atoms with E-state index in [1.165, 1.54) is 0 Å². The molecule has 0 saturated heterocycles. The summed E-state index contributed by atoms with van der Waals surface area (Å²) >= 11 is 12.1. The summed E-state index contributed by atoms with van der Waals surface area (Å²) in [5.41, 5.74) is 2.30. The summed E-state index contributed by atoms with van der Waals surface area (Å²) in [5.74, 6) is -2.78. The Bertz CT molecular complexity index is 1090. The van der Waals surface area contributed by atoms with Crippen molar-refractivity contribution in [3.63, 3.8) is 0 Å². The molecule has 27 heavy (non-hydrogen) atoms. The van der Waals surface area contributed by atoms with Gasteiger partial charge in [0, 0.05) is 23.4 Å². The Morgan fingerprint density at radius 3 is 2.44 bits per heavy atom. The highest BCUT2D eigenvalue weighted by molar-refractivity contribution is 6.42. The summed E-state index contributed by atoms with van der Waals surface area (Å²) in [6.07, 6.45) is 0.455. The monoisotopic (exact) mass is 403 g/mol. The average Bonchev–Trinajstić information content (AvgIpc) is 3.35. The van der Waals surface area contributed by atoms with Crippen molar-refractivity contribution < 1.29 is 19.8 Å². The number of para-hydroxylation sites is 1. The van der Waals surface area contributed by atoms with Crippen molar-refractivity contribution in [3.05, 3.63) is 69.3 Å². The molecule has 0 spiro atoms. The molecule has 2 atom stereocenters. The van der Waals surface area contributed by atoms with Gasteiger partial charge >= 0.3 is 11.9 Å². The number of halogens is 2. The van der Waals surface area contributed by atoms with Gasteiger partial charge in [-0.25, -0.2) is 4.79 Å². The minimum Gasteiger partial charge on any atom is -0.481 e. The van der Waals surface area contributed by atoms with E-state index >= 15 is 0 Å². The molecule has 5 nitrogen and oxygen atoms in total. The van der Waals surface area contributed by atoms with Crippen LogP contribution >= 0.6 is 23.2 Å². The first kappa shape index (κ1) is 17.9. The van der Waals surface area contributed by atoms with Crippen LogP contribution in [0.3, 0.4) is 0 Å². The van der Waals surface area contributed by atoms with Gasteiger partial charge in [-0.2, -0.15) is 0 Å². The number of aromatic nitrogens is 1. The second-order valence-electron chi connectivity index (χ2n) is 6.71. The largest absolute Gasteiger partial charge is 0.481 e. The van der Waals surface area contributed by atoms with Crippen LogP contribution in [-0.2, 0) is 11.3 Å². The maximum absolute atomic E-state index is 12.1. The number of carboxylic acids is 2. The van der Waals surface area contributed by atoms with Crippen LogP contribution in [0.4, 0.5) is 0 Å².